The standard InChI is InChI=1S/C26H25N5O6/c1-3-12-26(16-29-15-23(31(34)35)28-24(29)37-26)20-8-4-18(5-9-20)19-6-10-21(11-7-19)30-14-22(36-25(30)33)13-27-17(2)32/h3-11,15,22H,1,12-14,16H2,2H3,(H,27,32)/t22-,26?/m0/s1. The zero-order valence-electron chi connectivity index (χ0n) is 20.1. The molecule has 1 N–H and O–H groups in total. The maximum absolute atomic E-state index is 12.3. The Balaban J connectivity index is 1.30. The van der Waals surface area contributed by atoms with Crippen LogP contribution in [0.4, 0.5) is 16.3 Å². The molecule has 0 bridgehead atoms. The van der Waals surface area contributed by atoms with Gasteiger partial charge in [0.1, 0.15) is 12.3 Å². The van der Waals surface area contributed by atoms with Crippen LogP contribution in [0.25, 0.3) is 11.1 Å². The van der Waals surface area contributed by atoms with E-state index in [1.807, 2.05) is 48.5 Å². The Kier molecular flexibility index (Phi) is 6.12. The van der Waals surface area contributed by atoms with Crippen LogP contribution >= 0.6 is 0 Å². The number of hydrogen-bond acceptors (Lipinski definition) is 7. The van der Waals surface area contributed by atoms with E-state index in [-0.39, 0.29) is 24.3 Å². The maximum atomic E-state index is 12.3. The Morgan fingerprint density at radius 1 is 1.24 bits per heavy atom. The van der Waals surface area contributed by atoms with Crippen molar-refractivity contribution in [2.75, 3.05) is 18.0 Å². The van der Waals surface area contributed by atoms with Gasteiger partial charge in [-0.1, -0.05) is 42.5 Å². The summed E-state index contributed by atoms with van der Waals surface area (Å²) < 4.78 is 13.1. The van der Waals surface area contributed by atoms with Crippen LogP contribution < -0.4 is 15.0 Å². The zero-order valence-corrected chi connectivity index (χ0v) is 20.1. The minimum absolute atomic E-state index is 0.172. The number of anilines is 1. The van der Waals surface area contributed by atoms with Crippen molar-refractivity contribution < 1.29 is 24.0 Å². The first kappa shape index (κ1) is 24.0. The molecule has 0 saturated carbocycles. The first-order valence-electron chi connectivity index (χ1n) is 11.7. The number of hydrogen-bond donors (Lipinski definition) is 1. The molecule has 11 nitrogen and oxygen atoms in total. The number of nitrogens with one attached hydrogen (secondary N) is 1. The van der Waals surface area contributed by atoms with Gasteiger partial charge in [-0.05, 0) is 33.7 Å². The number of cyclic esters (lactones) is 1. The van der Waals surface area contributed by atoms with Crippen molar-refractivity contribution in [2.45, 2.75) is 31.6 Å². The lowest BCUT2D eigenvalue weighted by atomic mass is 9.89. The number of rotatable bonds is 8. The predicted octanol–water partition coefficient (Wildman–Crippen LogP) is 3.78. The number of carbonyl (C=O) groups excluding carboxylic acids is 2. The van der Waals surface area contributed by atoms with Crippen molar-refractivity contribution in [3.63, 3.8) is 0 Å². The van der Waals surface area contributed by atoms with Crippen LogP contribution in [0.1, 0.15) is 18.9 Å². The monoisotopic (exact) mass is 503 g/mol. The van der Waals surface area contributed by atoms with Gasteiger partial charge in [0.25, 0.3) is 0 Å². The van der Waals surface area contributed by atoms with Gasteiger partial charge in [0, 0.05) is 24.0 Å². The number of carbonyl (C=O) groups is 2. The summed E-state index contributed by atoms with van der Waals surface area (Å²) in [5.41, 5.74) is 2.81. The lowest BCUT2D eigenvalue weighted by Crippen LogP contribution is -2.33. The summed E-state index contributed by atoms with van der Waals surface area (Å²) in [6.45, 7) is 6.29. The van der Waals surface area contributed by atoms with Gasteiger partial charge in [0.15, 0.2) is 5.60 Å². The number of fused-ring (bicyclic) bond motifs is 1. The van der Waals surface area contributed by atoms with E-state index >= 15 is 0 Å². The molecular formula is C26H25N5O6. The summed E-state index contributed by atoms with van der Waals surface area (Å²) in [6.07, 6.45) is 2.81. The Bertz CT molecular complexity index is 1340. The fraction of sp³-hybridized carbons (Fsp3) is 0.269. The maximum Gasteiger partial charge on any atom is 0.415 e. The lowest BCUT2D eigenvalue weighted by Gasteiger charge is -2.26. The third-order valence-electron chi connectivity index (χ3n) is 6.48. The first-order valence-corrected chi connectivity index (χ1v) is 11.7. The Morgan fingerprint density at radius 3 is 2.51 bits per heavy atom. The first-order chi connectivity index (χ1) is 17.8. The molecule has 0 radical (unpaired) electrons. The van der Waals surface area contributed by atoms with Crippen molar-refractivity contribution in [3.8, 4) is 17.1 Å². The second-order valence-electron chi connectivity index (χ2n) is 9.03. The van der Waals surface area contributed by atoms with Gasteiger partial charge in [0.05, 0.1) is 19.6 Å². The highest BCUT2D eigenvalue weighted by Gasteiger charge is 2.44. The van der Waals surface area contributed by atoms with Crippen LogP contribution in [0.15, 0.2) is 67.4 Å². The van der Waals surface area contributed by atoms with E-state index in [1.54, 1.807) is 15.5 Å². The molecule has 2 amide bonds. The van der Waals surface area contributed by atoms with E-state index in [1.165, 1.54) is 13.1 Å². The van der Waals surface area contributed by atoms with E-state index in [2.05, 4.69) is 16.9 Å². The number of nitro groups is 1. The predicted molar refractivity (Wildman–Crippen MR) is 134 cm³/mol. The van der Waals surface area contributed by atoms with Crippen molar-refractivity contribution in [2.24, 2.45) is 0 Å². The Hall–Kier alpha value is -4.67. The summed E-state index contributed by atoms with van der Waals surface area (Å²) in [5, 5.41) is 13.7. The number of imidazole rings is 1. The van der Waals surface area contributed by atoms with E-state index in [0.29, 0.717) is 25.2 Å². The molecule has 190 valence electrons. The third kappa shape index (κ3) is 4.63. The molecule has 0 spiro atoms. The van der Waals surface area contributed by atoms with Crippen molar-refractivity contribution in [1.29, 1.82) is 0 Å². The van der Waals surface area contributed by atoms with E-state index < -0.39 is 22.7 Å². The van der Waals surface area contributed by atoms with E-state index in [0.717, 1.165) is 16.7 Å². The number of benzene rings is 2. The average Bonchev–Trinajstić information content (AvgIpc) is 3.55. The van der Waals surface area contributed by atoms with Gasteiger partial charge in [-0.2, -0.15) is 0 Å². The fourth-order valence-electron chi connectivity index (χ4n) is 4.65. The molecular weight excluding hydrogens is 478 g/mol. The summed E-state index contributed by atoms with van der Waals surface area (Å²) in [5.74, 6) is -0.416. The molecule has 2 aliphatic heterocycles. The topological polar surface area (TPSA) is 129 Å². The van der Waals surface area contributed by atoms with Crippen molar-refractivity contribution in [3.05, 3.63) is 83.1 Å². The van der Waals surface area contributed by atoms with Gasteiger partial charge in [-0.25, -0.2) is 4.79 Å². The van der Waals surface area contributed by atoms with Crippen LogP contribution in [0.2, 0.25) is 0 Å². The molecule has 2 aromatic carbocycles. The Labute approximate surface area is 212 Å². The fourth-order valence-corrected chi connectivity index (χ4v) is 4.65. The highest BCUT2D eigenvalue weighted by atomic mass is 16.6. The number of amides is 2. The highest BCUT2D eigenvalue weighted by Crippen LogP contribution is 2.41. The number of aromatic nitrogens is 2. The minimum atomic E-state index is -0.745. The molecule has 3 aromatic rings. The van der Waals surface area contributed by atoms with E-state index in [9.17, 15) is 19.7 Å². The molecule has 1 saturated heterocycles. The molecule has 2 atom stereocenters. The summed E-state index contributed by atoms with van der Waals surface area (Å²) >= 11 is 0. The smallest absolute Gasteiger partial charge is 0.415 e. The van der Waals surface area contributed by atoms with E-state index in [4.69, 9.17) is 9.47 Å². The molecule has 0 aliphatic carbocycles. The summed E-state index contributed by atoms with van der Waals surface area (Å²) in [7, 11) is 0. The van der Waals surface area contributed by atoms with Crippen LogP contribution in [0.3, 0.4) is 0 Å². The molecule has 1 unspecified atom stereocenters. The zero-order chi connectivity index (χ0) is 26.2. The Morgan fingerprint density at radius 2 is 1.92 bits per heavy atom. The molecule has 37 heavy (non-hydrogen) atoms. The molecule has 5 rings (SSSR count). The summed E-state index contributed by atoms with van der Waals surface area (Å²) in [6, 6.07) is 15.7. The second kappa shape index (κ2) is 9.41. The molecule has 3 heterocycles. The number of ether oxygens (including phenoxy) is 2. The normalized spacial score (nSPS) is 20.2. The van der Waals surface area contributed by atoms with Gasteiger partial charge in [-0.15, -0.1) is 6.58 Å². The van der Waals surface area contributed by atoms with Gasteiger partial charge >= 0.3 is 17.9 Å². The van der Waals surface area contributed by atoms with Crippen LogP contribution in [0.5, 0.6) is 6.01 Å². The van der Waals surface area contributed by atoms with Crippen molar-refractivity contribution >= 4 is 23.5 Å². The summed E-state index contributed by atoms with van der Waals surface area (Å²) in [4.78, 5) is 39.4. The van der Waals surface area contributed by atoms with Gasteiger partial charge in [-0.3, -0.25) is 14.3 Å². The molecule has 1 aromatic heterocycles. The lowest BCUT2D eigenvalue weighted by molar-refractivity contribution is -0.389. The molecule has 2 aliphatic rings. The molecule has 1 fully saturated rings. The largest absolute Gasteiger partial charge is 0.442 e. The second-order valence-corrected chi connectivity index (χ2v) is 9.03. The van der Waals surface area contributed by atoms with Gasteiger partial charge < -0.3 is 24.9 Å². The SMILES string of the molecule is C=CCC1(c2ccc(-c3ccc(N4C[C@H](CNC(C)=O)OC4=O)cc3)cc2)Cn2cc([N+](=O)[O-])nc2O1. The number of nitrogens with zero attached hydrogens (tertiary/aromatic N) is 4. The highest BCUT2D eigenvalue weighted by molar-refractivity contribution is 5.90. The van der Waals surface area contributed by atoms with Crippen LogP contribution in [-0.2, 0) is 21.7 Å². The van der Waals surface area contributed by atoms with Crippen LogP contribution in [-0.4, -0.2) is 45.7 Å². The minimum Gasteiger partial charge on any atom is -0.442 e. The average molecular weight is 504 g/mol. The third-order valence-corrected chi connectivity index (χ3v) is 6.48. The quantitative estimate of drug-likeness (QED) is 0.281. The van der Waals surface area contributed by atoms with Crippen molar-refractivity contribution in [1.82, 2.24) is 14.9 Å². The van der Waals surface area contributed by atoms with Crippen LogP contribution in [0, 0.1) is 10.1 Å². The van der Waals surface area contributed by atoms with Gasteiger partial charge in [0.2, 0.25) is 5.91 Å². The molecule has 11 heteroatoms.